The van der Waals surface area contributed by atoms with Crippen molar-refractivity contribution in [2.45, 2.75) is 6.92 Å². The molecule has 0 atom stereocenters. The van der Waals surface area contributed by atoms with E-state index in [4.69, 9.17) is 16.3 Å². The van der Waals surface area contributed by atoms with Gasteiger partial charge in [0, 0.05) is 48.6 Å². The van der Waals surface area contributed by atoms with Crippen molar-refractivity contribution in [2.24, 2.45) is 0 Å². The first kappa shape index (κ1) is 17.4. The summed E-state index contributed by atoms with van der Waals surface area (Å²) in [7, 11) is 1.61. The fourth-order valence-corrected chi connectivity index (χ4v) is 3.02. The van der Waals surface area contributed by atoms with Crippen LogP contribution in [-0.4, -0.2) is 44.2 Å². The Kier molecular flexibility index (Phi) is 5.34. The summed E-state index contributed by atoms with van der Waals surface area (Å²) in [6.45, 7) is 4.89. The maximum absolute atomic E-state index is 12.4. The van der Waals surface area contributed by atoms with Gasteiger partial charge in [0.2, 0.25) is 0 Å². The van der Waals surface area contributed by atoms with Crippen LogP contribution >= 0.6 is 11.6 Å². The van der Waals surface area contributed by atoms with Gasteiger partial charge in [-0.1, -0.05) is 23.7 Å². The standard InChI is InChI=1S/C19H22ClN3O2/c1-14-6-7-16(13-18(14)20)22-8-10-23(11-9-22)19(24)21-15-4-3-5-17(12-15)25-2/h3-7,12-13H,8-11H2,1-2H3,(H,21,24). The summed E-state index contributed by atoms with van der Waals surface area (Å²) in [4.78, 5) is 16.5. The average molecular weight is 360 g/mol. The third kappa shape index (κ3) is 4.17. The Morgan fingerprint density at radius 3 is 2.56 bits per heavy atom. The minimum Gasteiger partial charge on any atom is -0.497 e. The molecule has 2 aromatic carbocycles. The van der Waals surface area contributed by atoms with Crippen molar-refractivity contribution in [3.05, 3.63) is 53.1 Å². The topological polar surface area (TPSA) is 44.8 Å². The molecule has 2 aromatic rings. The Morgan fingerprint density at radius 2 is 1.88 bits per heavy atom. The molecular weight excluding hydrogens is 338 g/mol. The average Bonchev–Trinajstić information content (AvgIpc) is 2.64. The van der Waals surface area contributed by atoms with Crippen LogP contribution in [0.3, 0.4) is 0 Å². The van der Waals surface area contributed by atoms with E-state index < -0.39 is 0 Å². The fourth-order valence-electron chi connectivity index (χ4n) is 2.85. The number of urea groups is 1. The van der Waals surface area contributed by atoms with Gasteiger partial charge in [-0.3, -0.25) is 0 Å². The number of halogens is 1. The number of benzene rings is 2. The fraction of sp³-hybridized carbons (Fsp3) is 0.316. The molecule has 0 radical (unpaired) electrons. The van der Waals surface area contributed by atoms with Crippen molar-refractivity contribution >= 4 is 29.0 Å². The molecule has 6 heteroatoms. The lowest BCUT2D eigenvalue weighted by atomic mass is 10.2. The number of aryl methyl sites for hydroxylation is 1. The molecule has 1 N–H and O–H groups in total. The number of ether oxygens (including phenoxy) is 1. The molecule has 1 fully saturated rings. The highest BCUT2D eigenvalue weighted by Gasteiger charge is 2.21. The van der Waals surface area contributed by atoms with Crippen LogP contribution in [-0.2, 0) is 0 Å². The Morgan fingerprint density at radius 1 is 1.12 bits per heavy atom. The molecular formula is C19H22ClN3O2. The third-order valence-corrected chi connectivity index (χ3v) is 4.82. The maximum atomic E-state index is 12.4. The van der Waals surface area contributed by atoms with E-state index in [0.29, 0.717) is 13.1 Å². The highest BCUT2D eigenvalue weighted by Crippen LogP contribution is 2.24. The molecule has 0 saturated carbocycles. The highest BCUT2D eigenvalue weighted by molar-refractivity contribution is 6.31. The second kappa shape index (κ2) is 7.66. The Balaban J connectivity index is 1.57. The first-order chi connectivity index (χ1) is 12.1. The molecule has 132 valence electrons. The predicted molar refractivity (Wildman–Crippen MR) is 102 cm³/mol. The Labute approximate surface area is 153 Å². The minimum atomic E-state index is -0.0881. The van der Waals surface area contributed by atoms with E-state index in [1.807, 2.05) is 48.2 Å². The normalized spacial score (nSPS) is 14.4. The Bertz CT molecular complexity index is 758. The number of anilines is 2. The number of methoxy groups -OCH3 is 1. The summed E-state index contributed by atoms with van der Waals surface area (Å²) in [6.07, 6.45) is 0. The van der Waals surface area contributed by atoms with Gasteiger partial charge in [0.15, 0.2) is 0 Å². The number of hydrogen-bond donors (Lipinski definition) is 1. The summed E-state index contributed by atoms with van der Waals surface area (Å²) >= 11 is 6.22. The van der Waals surface area contributed by atoms with Crippen molar-refractivity contribution in [1.29, 1.82) is 0 Å². The van der Waals surface area contributed by atoms with Gasteiger partial charge >= 0.3 is 6.03 Å². The Hall–Kier alpha value is -2.40. The van der Waals surface area contributed by atoms with Gasteiger partial charge in [0.05, 0.1) is 7.11 Å². The molecule has 0 bridgehead atoms. The second-order valence-electron chi connectivity index (χ2n) is 6.07. The van der Waals surface area contributed by atoms with Crippen LogP contribution in [0.4, 0.5) is 16.2 Å². The predicted octanol–water partition coefficient (Wildman–Crippen LogP) is 4.01. The molecule has 0 spiro atoms. The van der Waals surface area contributed by atoms with Gasteiger partial charge in [-0.2, -0.15) is 0 Å². The van der Waals surface area contributed by atoms with Crippen LogP contribution in [0.2, 0.25) is 5.02 Å². The van der Waals surface area contributed by atoms with Crippen molar-refractivity contribution in [3.63, 3.8) is 0 Å². The number of piperazine rings is 1. The lowest BCUT2D eigenvalue weighted by molar-refractivity contribution is 0.208. The summed E-state index contributed by atoms with van der Waals surface area (Å²) < 4.78 is 5.18. The number of hydrogen-bond acceptors (Lipinski definition) is 3. The lowest BCUT2D eigenvalue weighted by Crippen LogP contribution is -2.50. The van der Waals surface area contributed by atoms with Crippen LogP contribution in [0.15, 0.2) is 42.5 Å². The van der Waals surface area contributed by atoms with Crippen LogP contribution in [0.25, 0.3) is 0 Å². The zero-order valence-electron chi connectivity index (χ0n) is 14.5. The number of nitrogens with zero attached hydrogens (tertiary/aromatic N) is 2. The van der Waals surface area contributed by atoms with Crippen molar-refractivity contribution in [1.82, 2.24) is 4.90 Å². The highest BCUT2D eigenvalue weighted by atomic mass is 35.5. The van der Waals surface area contributed by atoms with E-state index in [1.165, 1.54) is 0 Å². The lowest BCUT2D eigenvalue weighted by Gasteiger charge is -2.36. The van der Waals surface area contributed by atoms with E-state index in [-0.39, 0.29) is 6.03 Å². The molecule has 2 amide bonds. The molecule has 1 heterocycles. The van der Waals surface area contributed by atoms with Gasteiger partial charge in [0.1, 0.15) is 5.75 Å². The van der Waals surface area contributed by atoms with Gasteiger partial charge in [-0.05, 0) is 36.8 Å². The summed E-state index contributed by atoms with van der Waals surface area (Å²) in [6, 6.07) is 13.4. The van der Waals surface area contributed by atoms with Gasteiger partial charge in [-0.15, -0.1) is 0 Å². The molecule has 1 aliphatic heterocycles. The van der Waals surface area contributed by atoms with Crippen LogP contribution in [0.5, 0.6) is 5.75 Å². The number of amides is 2. The van der Waals surface area contributed by atoms with E-state index in [2.05, 4.69) is 16.3 Å². The molecule has 1 saturated heterocycles. The number of carbonyl (C=O) groups is 1. The van der Waals surface area contributed by atoms with E-state index in [1.54, 1.807) is 7.11 Å². The number of carbonyl (C=O) groups excluding carboxylic acids is 1. The maximum Gasteiger partial charge on any atom is 0.321 e. The van der Waals surface area contributed by atoms with Crippen molar-refractivity contribution in [2.75, 3.05) is 43.5 Å². The van der Waals surface area contributed by atoms with Crippen LogP contribution in [0, 0.1) is 6.92 Å². The number of nitrogens with one attached hydrogen (secondary N) is 1. The molecule has 0 aliphatic carbocycles. The van der Waals surface area contributed by atoms with Gasteiger partial charge in [0.25, 0.3) is 0 Å². The van der Waals surface area contributed by atoms with Gasteiger partial charge in [-0.25, -0.2) is 4.79 Å². The van der Waals surface area contributed by atoms with E-state index in [0.717, 1.165) is 40.8 Å². The first-order valence-electron chi connectivity index (χ1n) is 8.28. The largest absolute Gasteiger partial charge is 0.497 e. The zero-order chi connectivity index (χ0) is 17.8. The van der Waals surface area contributed by atoms with Crippen LogP contribution in [0.1, 0.15) is 5.56 Å². The third-order valence-electron chi connectivity index (χ3n) is 4.41. The molecule has 1 aliphatic rings. The van der Waals surface area contributed by atoms with Gasteiger partial charge < -0.3 is 19.9 Å². The molecule has 5 nitrogen and oxygen atoms in total. The second-order valence-corrected chi connectivity index (χ2v) is 6.48. The molecule has 0 aromatic heterocycles. The summed E-state index contributed by atoms with van der Waals surface area (Å²) in [5.41, 5.74) is 2.90. The monoisotopic (exact) mass is 359 g/mol. The SMILES string of the molecule is COc1cccc(NC(=O)N2CCN(c3ccc(C)c(Cl)c3)CC2)c1. The van der Waals surface area contributed by atoms with Crippen molar-refractivity contribution < 1.29 is 9.53 Å². The van der Waals surface area contributed by atoms with E-state index in [9.17, 15) is 4.79 Å². The van der Waals surface area contributed by atoms with Crippen molar-refractivity contribution in [3.8, 4) is 5.75 Å². The minimum absolute atomic E-state index is 0.0881. The summed E-state index contributed by atoms with van der Waals surface area (Å²) in [5, 5.41) is 3.70. The summed E-state index contributed by atoms with van der Waals surface area (Å²) in [5.74, 6) is 0.721. The quantitative estimate of drug-likeness (QED) is 0.900. The van der Waals surface area contributed by atoms with Crippen LogP contribution < -0.4 is 15.0 Å². The zero-order valence-corrected chi connectivity index (χ0v) is 15.2. The number of rotatable bonds is 3. The molecule has 0 unspecified atom stereocenters. The smallest absolute Gasteiger partial charge is 0.321 e. The molecule has 3 rings (SSSR count). The molecule has 25 heavy (non-hydrogen) atoms. The van der Waals surface area contributed by atoms with E-state index >= 15 is 0 Å². The first-order valence-corrected chi connectivity index (χ1v) is 8.65.